The van der Waals surface area contributed by atoms with Crippen LogP contribution in [-0.4, -0.2) is 11.1 Å². The molecule has 0 spiro atoms. The second-order valence-corrected chi connectivity index (χ2v) is 6.40. The van der Waals surface area contributed by atoms with Gasteiger partial charge in [-0.2, -0.15) is 0 Å². The summed E-state index contributed by atoms with van der Waals surface area (Å²) < 4.78 is 0. The molecule has 2 nitrogen and oxygen atoms in total. The Morgan fingerprint density at radius 1 is 1.21 bits per heavy atom. The molecule has 2 saturated carbocycles. The number of fused-ring (bicyclic) bond motifs is 2. The Kier molecular flexibility index (Phi) is 3.58. The molecule has 2 heteroatoms. The van der Waals surface area contributed by atoms with Crippen LogP contribution >= 0.6 is 0 Å². The Morgan fingerprint density at radius 3 is 2.58 bits per heavy atom. The van der Waals surface area contributed by atoms with E-state index < -0.39 is 5.97 Å². The van der Waals surface area contributed by atoms with E-state index in [2.05, 4.69) is 0 Å². The van der Waals surface area contributed by atoms with Gasteiger partial charge in [0.15, 0.2) is 0 Å². The van der Waals surface area contributed by atoms with Crippen LogP contribution in [0.25, 0.3) is 0 Å². The summed E-state index contributed by atoms with van der Waals surface area (Å²) in [4.78, 5) is 11.5. The maximum Gasteiger partial charge on any atom is 0.306 e. The summed E-state index contributed by atoms with van der Waals surface area (Å²) in [6.45, 7) is 0. The van der Waals surface area contributed by atoms with Crippen LogP contribution < -0.4 is 0 Å². The van der Waals surface area contributed by atoms with E-state index in [0.29, 0.717) is 12.3 Å². The predicted molar refractivity (Wildman–Crippen MR) is 74.8 cm³/mol. The average Bonchev–Trinajstić information content (AvgIpc) is 3.01. The summed E-state index contributed by atoms with van der Waals surface area (Å²) in [5.41, 5.74) is 1.15. The van der Waals surface area contributed by atoms with Crippen LogP contribution in [0.15, 0.2) is 30.3 Å². The minimum absolute atomic E-state index is 0.202. The third kappa shape index (κ3) is 2.83. The monoisotopic (exact) mass is 258 g/mol. The fourth-order valence-corrected chi connectivity index (χ4v) is 4.20. The molecule has 1 N–H and O–H groups in total. The molecule has 0 heterocycles. The Bertz CT molecular complexity index is 440. The van der Waals surface area contributed by atoms with Gasteiger partial charge in [-0.05, 0) is 55.4 Å². The fourth-order valence-electron chi connectivity index (χ4n) is 4.20. The van der Waals surface area contributed by atoms with E-state index in [0.717, 1.165) is 23.8 Å². The Hall–Kier alpha value is -1.31. The number of rotatable bonds is 5. The standard InChI is InChI=1S/C17H22O2/c18-17(19)16(8-12-4-2-1-3-5-12)11-15-10-13-6-7-14(15)9-13/h1-5,13-16H,6-11H2,(H,18,19). The maximum atomic E-state index is 11.5. The molecule has 2 fully saturated rings. The summed E-state index contributed by atoms with van der Waals surface area (Å²) in [5, 5.41) is 9.47. The first-order valence-corrected chi connectivity index (χ1v) is 7.49. The third-order valence-corrected chi connectivity index (χ3v) is 5.15. The van der Waals surface area contributed by atoms with Crippen LogP contribution in [0.3, 0.4) is 0 Å². The topological polar surface area (TPSA) is 37.3 Å². The molecule has 0 radical (unpaired) electrons. The number of carbonyl (C=O) groups is 1. The number of benzene rings is 1. The van der Waals surface area contributed by atoms with Gasteiger partial charge in [0.25, 0.3) is 0 Å². The van der Waals surface area contributed by atoms with Gasteiger partial charge in [0.1, 0.15) is 0 Å². The molecule has 1 aromatic carbocycles. The first-order chi connectivity index (χ1) is 9.22. The van der Waals surface area contributed by atoms with Gasteiger partial charge in [-0.25, -0.2) is 0 Å². The molecule has 19 heavy (non-hydrogen) atoms. The Morgan fingerprint density at radius 2 is 2.00 bits per heavy atom. The number of hydrogen-bond acceptors (Lipinski definition) is 1. The molecule has 102 valence electrons. The first-order valence-electron chi connectivity index (χ1n) is 7.49. The number of carboxylic acid groups (broad SMARTS) is 1. The summed E-state index contributed by atoms with van der Waals surface area (Å²) in [6.07, 6.45) is 6.94. The van der Waals surface area contributed by atoms with Crippen LogP contribution in [0.1, 0.15) is 37.7 Å². The number of carboxylic acids is 1. The van der Waals surface area contributed by atoms with Crippen LogP contribution in [0.2, 0.25) is 0 Å². The predicted octanol–water partition coefficient (Wildman–Crippen LogP) is 3.76. The van der Waals surface area contributed by atoms with Gasteiger partial charge < -0.3 is 5.11 Å². The van der Waals surface area contributed by atoms with Crippen molar-refractivity contribution in [1.29, 1.82) is 0 Å². The zero-order valence-electron chi connectivity index (χ0n) is 11.3. The largest absolute Gasteiger partial charge is 0.481 e. The molecule has 0 saturated heterocycles. The van der Waals surface area contributed by atoms with Crippen molar-refractivity contribution in [2.75, 3.05) is 0 Å². The molecular formula is C17H22O2. The lowest BCUT2D eigenvalue weighted by atomic mass is 9.80. The highest BCUT2D eigenvalue weighted by molar-refractivity contribution is 5.70. The van der Waals surface area contributed by atoms with Crippen molar-refractivity contribution in [3.63, 3.8) is 0 Å². The minimum Gasteiger partial charge on any atom is -0.481 e. The van der Waals surface area contributed by atoms with Crippen molar-refractivity contribution in [3.8, 4) is 0 Å². The highest BCUT2D eigenvalue weighted by atomic mass is 16.4. The molecule has 4 atom stereocenters. The molecule has 3 rings (SSSR count). The molecule has 0 amide bonds. The second kappa shape index (κ2) is 5.36. The molecule has 2 bridgehead atoms. The first kappa shape index (κ1) is 12.7. The average molecular weight is 258 g/mol. The zero-order chi connectivity index (χ0) is 13.2. The molecule has 0 aliphatic heterocycles. The lowest BCUT2D eigenvalue weighted by Crippen LogP contribution is -2.23. The van der Waals surface area contributed by atoms with Crippen molar-refractivity contribution in [2.24, 2.45) is 23.7 Å². The number of aliphatic carboxylic acids is 1. The SMILES string of the molecule is O=C(O)C(Cc1ccccc1)CC1CC2CCC1C2. The van der Waals surface area contributed by atoms with Gasteiger partial charge in [0.05, 0.1) is 5.92 Å². The molecule has 2 aliphatic rings. The van der Waals surface area contributed by atoms with Crippen LogP contribution in [0, 0.1) is 23.7 Å². The quantitative estimate of drug-likeness (QED) is 0.873. The van der Waals surface area contributed by atoms with Crippen LogP contribution in [0.4, 0.5) is 0 Å². The van der Waals surface area contributed by atoms with Gasteiger partial charge in [-0.3, -0.25) is 4.79 Å². The van der Waals surface area contributed by atoms with Crippen molar-refractivity contribution >= 4 is 5.97 Å². The lowest BCUT2D eigenvalue weighted by Gasteiger charge is -2.24. The van der Waals surface area contributed by atoms with E-state index in [1.54, 1.807) is 0 Å². The minimum atomic E-state index is -0.619. The maximum absolute atomic E-state index is 11.5. The summed E-state index contributed by atoms with van der Waals surface area (Å²) in [7, 11) is 0. The summed E-state index contributed by atoms with van der Waals surface area (Å²) in [6, 6.07) is 10.0. The van der Waals surface area contributed by atoms with E-state index in [1.807, 2.05) is 30.3 Å². The van der Waals surface area contributed by atoms with Gasteiger partial charge in [-0.1, -0.05) is 36.8 Å². The van der Waals surface area contributed by atoms with E-state index >= 15 is 0 Å². The van der Waals surface area contributed by atoms with E-state index in [1.165, 1.54) is 25.7 Å². The second-order valence-electron chi connectivity index (χ2n) is 6.40. The third-order valence-electron chi connectivity index (χ3n) is 5.15. The van der Waals surface area contributed by atoms with Crippen molar-refractivity contribution < 1.29 is 9.90 Å². The Labute approximate surface area is 114 Å². The van der Waals surface area contributed by atoms with E-state index in [-0.39, 0.29) is 5.92 Å². The highest BCUT2D eigenvalue weighted by Crippen LogP contribution is 2.50. The van der Waals surface area contributed by atoms with Gasteiger partial charge in [0, 0.05) is 0 Å². The van der Waals surface area contributed by atoms with Gasteiger partial charge >= 0.3 is 5.97 Å². The van der Waals surface area contributed by atoms with Crippen molar-refractivity contribution in [3.05, 3.63) is 35.9 Å². The van der Waals surface area contributed by atoms with Crippen LogP contribution in [0.5, 0.6) is 0 Å². The molecule has 0 aromatic heterocycles. The van der Waals surface area contributed by atoms with E-state index in [4.69, 9.17) is 0 Å². The summed E-state index contributed by atoms with van der Waals surface area (Å²) >= 11 is 0. The van der Waals surface area contributed by atoms with E-state index in [9.17, 15) is 9.90 Å². The van der Waals surface area contributed by atoms with Crippen LogP contribution in [-0.2, 0) is 11.2 Å². The van der Waals surface area contributed by atoms with Crippen molar-refractivity contribution in [1.82, 2.24) is 0 Å². The fraction of sp³-hybridized carbons (Fsp3) is 0.588. The Balaban J connectivity index is 1.63. The lowest BCUT2D eigenvalue weighted by molar-refractivity contribution is -0.142. The molecular weight excluding hydrogens is 236 g/mol. The normalized spacial score (nSPS) is 30.4. The summed E-state index contributed by atoms with van der Waals surface area (Å²) in [5.74, 6) is 1.57. The van der Waals surface area contributed by atoms with Crippen molar-refractivity contribution in [2.45, 2.75) is 38.5 Å². The highest BCUT2D eigenvalue weighted by Gasteiger charge is 2.40. The smallest absolute Gasteiger partial charge is 0.306 e. The molecule has 4 unspecified atom stereocenters. The molecule has 1 aromatic rings. The zero-order valence-corrected chi connectivity index (χ0v) is 11.3. The molecule has 2 aliphatic carbocycles. The number of hydrogen-bond donors (Lipinski definition) is 1. The van der Waals surface area contributed by atoms with Gasteiger partial charge in [-0.15, -0.1) is 0 Å². The van der Waals surface area contributed by atoms with Gasteiger partial charge in [0.2, 0.25) is 0 Å².